The summed E-state index contributed by atoms with van der Waals surface area (Å²) >= 11 is 3.43. The molecule has 0 aliphatic heterocycles. The molecular formula is C11H6BrNO2. The lowest BCUT2D eigenvalue weighted by Crippen LogP contribution is -1.73. The monoisotopic (exact) mass is 263 g/mol. The van der Waals surface area contributed by atoms with Crippen LogP contribution in [0.25, 0.3) is 22.2 Å². The minimum Gasteiger partial charge on any atom is -0.464 e. The highest BCUT2D eigenvalue weighted by Gasteiger charge is 2.10. The van der Waals surface area contributed by atoms with Crippen molar-refractivity contribution in [2.24, 2.45) is 0 Å². The maximum absolute atomic E-state index is 5.43. The Kier molecular flexibility index (Phi) is 1.89. The molecule has 0 spiro atoms. The highest BCUT2D eigenvalue weighted by molar-refractivity contribution is 9.10. The van der Waals surface area contributed by atoms with Crippen molar-refractivity contribution in [1.82, 2.24) is 4.98 Å². The molecule has 0 fully saturated rings. The first-order chi connectivity index (χ1) is 7.34. The van der Waals surface area contributed by atoms with Gasteiger partial charge in [-0.25, -0.2) is 4.98 Å². The van der Waals surface area contributed by atoms with Gasteiger partial charge in [-0.1, -0.05) is 15.9 Å². The fourth-order valence-corrected chi connectivity index (χ4v) is 1.91. The van der Waals surface area contributed by atoms with Gasteiger partial charge >= 0.3 is 0 Å². The predicted molar refractivity (Wildman–Crippen MR) is 59.4 cm³/mol. The summed E-state index contributed by atoms with van der Waals surface area (Å²) in [5.74, 6) is 0. The first-order valence-electron chi connectivity index (χ1n) is 4.40. The number of hydrogen-bond donors (Lipinski definition) is 0. The molecule has 1 aromatic carbocycles. The van der Waals surface area contributed by atoms with Crippen LogP contribution < -0.4 is 0 Å². The number of oxazole rings is 1. The van der Waals surface area contributed by atoms with Crippen LogP contribution in [0.2, 0.25) is 0 Å². The largest absolute Gasteiger partial charge is 0.464 e. The highest BCUT2D eigenvalue weighted by atomic mass is 79.9. The molecule has 4 heteroatoms. The summed E-state index contributed by atoms with van der Waals surface area (Å²) in [6.07, 6.45) is 4.70. The average Bonchev–Trinajstić information content (AvgIpc) is 2.83. The van der Waals surface area contributed by atoms with Crippen LogP contribution in [-0.2, 0) is 0 Å². The van der Waals surface area contributed by atoms with E-state index in [1.807, 2.05) is 18.2 Å². The zero-order chi connectivity index (χ0) is 10.3. The smallest absolute Gasteiger partial charge is 0.181 e. The van der Waals surface area contributed by atoms with E-state index >= 15 is 0 Å². The number of aromatic nitrogens is 1. The van der Waals surface area contributed by atoms with Crippen molar-refractivity contribution < 1.29 is 8.83 Å². The van der Waals surface area contributed by atoms with Crippen molar-refractivity contribution >= 4 is 26.9 Å². The van der Waals surface area contributed by atoms with E-state index in [9.17, 15) is 0 Å². The first kappa shape index (κ1) is 8.73. The average molecular weight is 264 g/mol. The highest BCUT2D eigenvalue weighted by Crippen LogP contribution is 2.31. The maximum Gasteiger partial charge on any atom is 0.181 e. The standard InChI is InChI=1S/C11H6BrNO2/c12-7-1-2-11-8(3-7)9(4-15-11)10-5-14-6-13-10/h1-6H. The van der Waals surface area contributed by atoms with Crippen molar-refractivity contribution in [3.8, 4) is 11.3 Å². The number of fused-ring (bicyclic) bond motifs is 1. The summed E-state index contributed by atoms with van der Waals surface area (Å²) in [5, 5.41) is 1.03. The van der Waals surface area contributed by atoms with Crippen molar-refractivity contribution in [1.29, 1.82) is 0 Å². The van der Waals surface area contributed by atoms with Gasteiger partial charge in [0.1, 0.15) is 23.8 Å². The lowest BCUT2D eigenvalue weighted by molar-refractivity contribution is 0.558. The molecule has 0 atom stereocenters. The molecule has 74 valence electrons. The van der Waals surface area contributed by atoms with Crippen LogP contribution in [0.1, 0.15) is 0 Å². The van der Waals surface area contributed by atoms with Crippen molar-refractivity contribution in [2.75, 3.05) is 0 Å². The SMILES string of the molecule is Brc1ccc2occ(-c3cocn3)c2c1. The fraction of sp³-hybridized carbons (Fsp3) is 0. The Bertz CT molecular complexity index is 598. The van der Waals surface area contributed by atoms with Crippen molar-refractivity contribution in [2.45, 2.75) is 0 Å². The van der Waals surface area contributed by atoms with Crippen LogP contribution in [0.3, 0.4) is 0 Å². The minimum atomic E-state index is 0.784. The minimum absolute atomic E-state index is 0.784. The second-order valence-electron chi connectivity index (χ2n) is 3.16. The Balaban J connectivity index is 2.32. The molecule has 0 bridgehead atoms. The zero-order valence-electron chi connectivity index (χ0n) is 7.61. The number of furan rings is 1. The van der Waals surface area contributed by atoms with E-state index in [0.29, 0.717) is 0 Å². The van der Waals surface area contributed by atoms with Gasteiger partial charge in [0.2, 0.25) is 0 Å². The lowest BCUT2D eigenvalue weighted by Gasteiger charge is -1.92. The topological polar surface area (TPSA) is 39.2 Å². The third-order valence-electron chi connectivity index (χ3n) is 2.24. The molecule has 3 rings (SSSR count). The number of benzene rings is 1. The quantitative estimate of drug-likeness (QED) is 0.670. The van der Waals surface area contributed by atoms with Crippen LogP contribution >= 0.6 is 15.9 Å². The van der Waals surface area contributed by atoms with Crippen molar-refractivity contribution in [3.63, 3.8) is 0 Å². The molecule has 15 heavy (non-hydrogen) atoms. The molecule has 0 radical (unpaired) electrons. The molecule has 0 saturated carbocycles. The predicted octanol–water partition coefficient (Wildman–Crippen LogP) is 3.85. The molecule has 0 saturated heterocycles. The molecule has 2 aromatic heterocycles. The van der Waals surface area contributed by atoms with Crippen LogP contribution in [-0.4, -0.2) is 4.98 Å². The molecule has 3 nitrogen and oxygen atoms in total. The third kappa shape index (κ3) is 1.37. The maximum atomic E-state index is 5.43. The third-order valence-corrected chi connectivity index (χ3v) is 2.74. The van der Waals surface area contributed by atoms with E-state index in [1.165, 1.54) is 6.39 Å². The Morgan fingerprint density at radius 2 is 2.13 bits per heavy atom. The van der Waals surface area contributed by atoms with Crippen LogP contribution in [0, 0.1) is 0 Å². The molecule has 0 unspecified atom stereocenters. The van der Waals surface area contributed by atoms with Gasteiger partial charge in [0.15, 0.2) is 6.39 Å². The van der Waals surface area contributed by atoms with E-state index in [1.54, 1.807) is 12.5 Å². The summed E-state index contributed by atoms with van der Waals surface area (Å²) in [7, 11) is 0. The van der Waals surface area contributed by atoms with Gasteiger partial charge in [-0.05, 0) is 18.2 Å². The van der Waals surface area contributed by atoms with E-state index in [4.69, 9.17) is 8.83 Å². The van der Waals surface area contributed by atoms with Crippen molar-refractivity contribution in [3.05, 3.63) is 41.6 Å². The molecule has 0 aliphatic rings. The summed E-state index contributed by atoms with van der Waals surface area (Å²) in [6, 6.07) is 5.87. The van der Waals surface area contributed by atoms with Gasteiger partial charge in [-0.15, -0.1) is 0 Å². The van der Waals surface area contributed by atoms with Gasteiger partial charge in [-0.2, -0.15) is 0 Å². The second-order valence-corrected chi connectivity index (χ2v) is 4.08. The number of halogens is 1. The van der Waals surface area contributed by atoms with Gasteiger partial charge in [-0.3, -0.25) is 0 Å². The number of hydrogen-bond acceptors (Lipinski definition) is 3. The van der Waals surface area contributed by atoms with E-state index in [0.717, 1.165) is 26.7 Å². The fourth-order valence-electron chi connectivity index (χ4n) is 1.55. The zero-order valence-corrected chi connectivity index (χ0v) is 9.19. The van der Waals surface area contributed by atoms with E-state index in [-0.39, 0.29) is 0 Å². The van der Waals surface area contributed by atoms with Crippen LogP contribution in [0.4, 0.5) is 0 Å². The van der Waals surface area contributed by atoms with Gasteiger partial charge in [0, 0.05) is 15.4 Å². The lowest BCUT2D eigenvalue weighted by atomic mass is 10.1. The van der Waals surface area contributed by atoms with Crippen LogP contribution in [0.5, 0.6) is 0 Å². The molecule has 3 aromatic rings. The summed E-state index contributed by atoms with van der Waals surface area (Å²) < 4.78 is 11.4. The Labute approximate surface area is 93.8 Å². The Morgan fingerprint density at radius 1 is 1.20 bits per heavy atom. The number of rotatable bonds is 1. The van der Waals surface area contributed by atoms with Gasteiger partial charge in [0.05, 0.1) is 0 Å². The summed E-state index contributed by atoms with van der Waals surface area (Å²) in [5.41, 5.74) is 2.57. The van der Waals surface area contributed by atoms with Crippen LogP contribution in [0.15, 0.2) is 50.4 Å². The molecule has 0 aliphatic carbocycles. The second kappa shape index (κ2) is 3.24. The van der Waals surface area contributed by atoms with E-state index < -0.39 is 0 Å². The molecular weight excluding hydrogens is 258 g/mol. The molecule has 0 N–H and O–H groups in total. The Morgan fingerprint density at radius 3 is 2.93 bits per heavy atom. The first-order valence-corrected chi connectivity index (χ1v) is 5.19. The van der Waals surface area contributed by atoms with Gasteiger partial charge < -0.3 is 8.83 Å². The normalized spacial score (nSPS) is 11.0. The van der Waals surface area contributed by atoms with E-state index in [2.05, 4.69) is 20.9 Å². The Hall–Kier alpha value is -1.55. The summed E-state index contributed by atoms with van der Waals surface area (Å²) in [4.78, 5) is 4.10. The number of nitrogens with zero attached hydrogens (tertiary/aromatic N) is 1. The summed E-state index contributed by atoms with van der Waals surface area (Å²) in [6.45, 7) is 0. The molecule has 2 heterocycles. The van der Waals surface area contributed by atoms with Gasteiger partial charge in [0.25, 0.3) is 0 Å². The molecule has 0 amide bonds.